The minimum absolute atomic E-state index is 0.0787. The number of nitro benzene ring substituents is 1. The Hall–Kier alpha value is -3.14. The molecule has 2 aromatic carbocycles. The number of rotatable bonds is 3. The standard InChI is InChI=1S/C21H25N3O6S/c1-15-13-23(31(28,29)19-12-8-7-11-18(19)24(26)27)17-10-6-5-9-16(17)14-22(15)20(25)30-21(2,3)4/h5-12,15H,13-14H2,1-4H3. The lowest BCUT2D eigenvalue weighted by Gasteiger charge is -2.31. The molecule has 1 atom stereocenters. The Morgan fingerprint density at radius 2 is 1.74 bits per heavy atom. The molecule has 1 amide bonds. The third-order valence-corrected chi connectivity index (χ3v) is 6.65. The van der Waals surface area contributed by atoms with E-state index in [2.05, 4.69) is 0 Å². The summed E-state index contributed by atoms with van der Waals surface area (Å²) >= 11 is 0. The predicted molar refractivity (Wildman–Crippen MR) is 115 cm³/mol. The monoisotopic (exact) mass is 447 g/mol. The number of nitrogens with zero attached hydrogens (tertiary/aromatic N) is 3. The van der Waals surface area contributed by atoms with Crippen molar-refractivity contribution in [1.29, 1.82) is 0 Å². The Bertz CT molecular complexity index is 1110. The molecule has 1 aliphatic rings. The summed E-state index contributed by atoms with van der Waals surface area (Å²) in [6, 6.07) is 11.5. The van der Waals surface area contributed by atoms with Gasteiger partial charge in [0, 0.05) is 6.07 Å². The van der Waals surface area contributed by atoms with Crippen LogP contribution in [0.1, 0.15) is 33.3 Å². The number of ether oxygens (including phenoxy) is 1. The molecule has 31 heavy (non-hydrogen) atoms. The molecule has 1 heterocycles. The highest BCUT2D eigenvalue weighted by molar-refractivity contribution is 7.93. The second-order valence-corrected chi connectivity index (χ2v) is 10.2. The zero-order valence-electron chi connectivity index (χ0n) is 17.8. The van der Waals surface area contributed by atoms with Crippen molar-refractivity contribution in [2.75, 3.05) is 10.8 Å². The summed E-state index contributed by atoms with van der Waals surface area (Å²) < 4.78 is 33.8. The number of sulfonamides is 1. The number of nitro groups is 1. The molecule has 0 spiro atoms. The first-order valence-corrected chi connectivity index (χ1v) is 11.2. The molecule has 1 unspecified atom stereocenters. The van der Waals surface area contributed by atoms with Crippen LogP contribution in [-0.2, 0) is 21.3 Å². The Balaban J connectivity index is 2.09. The van der Waals surface area contributed by atoms with E-state index in [9.17, 15) is 23.3 Å². The quantitative estimate of drug-likeness (QED) is 0.521. The van der Waals surface area contributed by atoms with Crippen molar-refractivity contribution >= 4 is 27.5 Å². The SMILES string of the molecule is CC1CN(S(=O)(=O)c2ccccc2[N+](=O)[O-])c2ccccc2CN1C(=O)OC(C)(C)C. The molecule has 3 rings (SSSR count). The van der Waals surface area contributed by atoms with E-state index in [1.807, 2.05) is 0 Å². The van der Waals surface area contributed by atoms with Gasteiger partial charge in [-0.2, -0.15) is 0 Å². The highest BCUT2D eigenvalue weighted by atomic mass is 32.2. The Morgan fingerprint density at radius 3 is 2.39 bits per heavy atom. The molecule has 166 valence electrons. The number of anilines is 1. The molecule has 0 radical (unpaired) electrons. The maximum absolute atomic E-state index is 13.6. The molecule has 10 heteroatoms. The lowest BCUT2D eigenvalue weighted by molar-refractivity contribution is -0.387. The van der Waals surface area contributed by atoms with Gasteiger partial charge < -0.3 is 4.74 Å². The van der Waals surface area contributed by atoms with Gasteiger partial charge >= 0.3 is 6.09 Å². The van der Waals surface area contributed by atoms with Gasteiger partial charge in [0.25, 0.3) is 15.7 Å². The van der Waals surface area contributed by atoms with Gasteiger partial charge in [-0.3, -0.25) is 19.3 Å². The smallest absolute Gasteiger partial charge is 0.410 e. The van der Waals surface area contributed by atoms with Crippen LogP contribution < -0.4 is 4.31 Å². The van der Waals surface area contributed by atoms with Crippen LogP contribution in [0.3, 0.4) is 0 Å². The van der Waals surface area contributed by atoms with Crippen molar-refractivity contribution in [1.82, 2.24) is 4.90 Å². The normalized spacial score (nSPS) is 17.0. The summed E-state index contributed by atoms with van der Waals surface area (Å²) in [4.78, 5) is 24.6. The summed E-state index contributed by atoms with van der Waals surface area (Å²) in [5.41, 5.74) is -0.238. The minimum atomic E-state index is -4.28. The van der Waals surface area contributed by atoms with Crippen molar-refractivity contribution in [2.45, 2.75) is 50.8 Å². The van der Waals surface area contributed by atoms with Gasteiger partial charge in [-0.15, -0.1) is 0 Å². The van der Waals surface area contributed by atoms with E-state index in [1.165, 1.54) is 23.1 Å². The van der Waals surface area contributed by atoms with Crippen LogP contribution in [0, 0.1) is 10.1 Å². The molecule has 0 N–H and O–H groups in total. The van der Waals surface area contributed by atoms with Crippen LogP contribution >= 0.6 is 0 Å². The van der Waals surface area contributed by atoms with Gasteiger partial charge in [-0.25, -0.2) is 13.2 Å². The topological polar surface area (TPSA) is 110 Å². The Morgan fingerprint density at radius 1 is 1.13 bits per heavy atom. The number of para-hydroxylation sites is 2. The Labute approximate surface area is 181 Å². The fourth-order valence-corrected chi connectivity index (χ4v) is 5.15. The van der Waals surface area contributed by atoms with Crippen molar-refractivity contribution in [3.05, 3.63) is 64.2 Å². The van der Waals surface area contributed by atoms with Gasteiger partial charge in [0.05, 0.1) is 29.7 Å². The maximum atomic E-state index is 13.6. The van der Waals surface area contributed by atoms with Crippen LogP contribution in [0.2, 0.25) is 0 Å². The van der Waals surface area contributed by atoms with Gasteiger partial charge in [-0.05, 0) is 45.4 Å². The molecule has 0 fully saturated rings. The van der Waals surface area contributed by atoms with Crippen LogP contribution in [0.4, 0.5) is 16.2 Å². The molecular weight excluding hydrogens is 422 g/mol. The summed E-state index contributed by atoms with van der Waals surface area (Å²) in [7, 11) is -4.28. The first-order valence-electron chi connectivity index (χ1n) is 9.75. The number of amides is 1. The van der Waals surface area contributed by atoms with Crippen molar-refractivity contribution in [2.24, 2.45) is 0 Å². The first kappa shape index (κ1) is 22.5. The summed E-state index contributed by atoms with van der Waals surface area (Å²) in [5, 5.41) is 11.5. The average Bonchev–Trinajstić information content (AvgIpc) is 2.84. The van der Waals surface area contributed by atoms with E-state index >= 15 is 0 Å². The summed E-state index contributed by atoms with van der Waals surface area (Å²) in [5.74, 6) is 0. The molecule has 0 saturated heterocycles. The van der Waals surface area contributed by atoms with E-state index in [0.717, 1.165) is 10.4 Å². The fraction of sp³-hybridized carbons (Fsp3) is 0.381. The van der Waals surface area contributed by atoms with Crippen LogP contribution in [0.5, 0.6) is 0 Å². The number of hydrogen-bond donors (Lipinski definition) is 0. The molecule has 2 aromatic rings. The van der Waals surface area contributed by atoms with Crippen molar-refractivity contribution in [3.63, 3.8) is 0 Å². The van der Waals surface area contributed by atoms with E-state index in [1.54, 1.807) is 52.0 Å². The summed E-state index contributed by atoms with van der Waals surface area (Å²) in [6.45, 7) is 7.06. The van der Waals surface area contributed by atoms with Crippen LogP contribution in [0.25, 0.3) is 0 Å². The van der Waals surface area contributed by atoms with E-state index in [4.69, 9.17) is 4.74 Å². The van der Waals surface area contributed by atoms with Gasteiger partial charge in [0.1, 0.15) is 5.60 Å². The van der Waals surface area contributed by atoms with Crippen LogP contribution in [0.15, 0.2) is 53.4 Å². The lowest BCUT2D eigenvalue weighted by atomic mass is 10.1. The number of fused-ring (bicyclic) bond motifs is 1. The van der Waals surface area contributed by atoms with Crippen molar-refractivity contribution in [3.8, 4) is 0 Å². The molecule has 0 aliphatic carbocycles. The largest absolute Gasteiger partial charge is 0.444 e. The van der Waals surface area contributed by atoms with Gasteiger partial charge in [-0.1, -0.05) is 30.3 Å². The fourth-order valence-electron chi connectivity index (χ4n) is 3.40. The van der Waals surface area contributed by atoms with E-state index < -0.39 is 43.3 Å². The second-order valence-electron chi connectivity index (χ2n) is 8.35. The molecule has 0 bridgehead atoms. The number of hydrogen-bond acceptors (Lipinski definition) is 6. The van der Waals surface area contributed by atoms with Gasteiger partial charge in [0.15, 0.2) is 4.90 Å². The molecular formula is C21H25N3O6S. The molecule has 0 aromatic heterocycles. The zero-order chi connectivity index (χ0) is 23.0. The van der Waals surface area contributed by atoms with Crippen molar-refractivity contribution < 1.29 is 22.9 Å². The molecule has 9 nitrogen and oxygen atoms in total. The maximum Gasteiger partial charge on any atom is 0.410 e. The second kappa shape index (κ2) is 8.18. The Kier molecular flexibility index (Phi) is 5.95. The third kappa shape index (κ3) is 4.63. The number of carbonyl (C=O) groups is 1. The molecule has 0 saturated carbocycles. The van der Waals surface area contributed by atoms with E-state index in [0.29, 0.717) is 11.3 Å². The first-order chi connectivity index (χ1) is 14.4. The third-order valence-electron chi connectivity index (χ3n) is 4.82. The highest BCUT2D eigenvalue weighted by Gasteiger charge is 2.38. The van der Waals surface area contributed by atoms with Gasteiger partial charge in [0.2, 0.25) is 0 Å². The summed E-state index contributed by atoms with van der Waals surface area (Å²) in [6.07, 6.45) is -0.556. The van der Waals surface area contributed by atoms with E-state index in [-0.39, 0.29) is 13.1 Å². The van der Waals surface area contributed by atoms with Crippen LogP contribution in [-0.4, -0.2) is 42.5 Å². The number of carbonyl (C=O) groups excluding carboxylic acids is 1. The highest BCUT2D eigenvalue weighted by Crippen LogP contribution is 2.35. The average molecular weight is 448 g/mol. The number of benzene rings is 2. The predicted octanol–water partition coefficient (Wildman–Crippen LogP) is 3.93. The zero-order valence-corrected chi connectivity index (χ0v) is 18.6. The minimum Gasteiger partial charge on any atom is -0.444 e. The lowest BCUT2D eigenvalue weighted by Crippen LogP contribution is -2.46. The molecule has 1 aliphatic heterocycles.